The van der Waals surface area contributed by atoms with Gasteiger partial charge < -0.3 is 4.74 Å². The topological polar surface area (TPSA) is 63.7 Å². The Morgan fingerprint density at radius 2 is 1.95 bits per heavy atom. The summed E-state index contributed by atoms with van der Waals surface area (Å²) in [6.45, 7) is 0. The molecule has 0 saturated carbocycles. The smallest absolute Gasteiger partial charge is 0.191 e. The van der Waals surface area contributed by atoms with Crippen molar-refractivity contribution in [3.8, 4) is 28.8 Å². The van der Waals surface area contributed by atoms with Crippen molar-refractivity contribution in [2.24, 2.45) is 0 Å². The van der Waals surface area contributed by atoms with Crippen LogP contribution in [0.5, 0.6) is 5.75 Å². The zero-order valence-corrected chi connectivity index (χ0v) is 12.4. The second kappa shape index (κ2) is 5.88. The van der Waals surface area contributed by atoms with Gasteiger partial charge in [0.05, 0.1) is 12.8 Å². The van der Waals surface area contributed by atoms with E-state index in [0.717, 1.165) is 11.3 Å². The van der Waals surface area contributed by atoms with Gasteiger partial charge in [0, 0.05) is 16.7 Å². The molecular formula is C16H11ClN4O. The summed E-state index contributed by atoms with van der Waals surface area (Å²) in [6.07, 6.45) is 0. The summed E-state index contributed by atoms with van der Waals surface area (Å²) in [7, 11) is 1.60. The lowest BCUT2D eigenvalue weighted by Gasteiger charge is -2.08. The van der Waals surface area contributed by atoms with E-state index in [0.29, 0.717) is 16.5 Å². The average Bonchev–Trinajstić information content (AvgIpc) is 2.99. The highest BCUT2D eigenvalue weighted by Gasteiger charge is 2.16. The number of benzene rings is 2. The van der Waals surface area contributed by atoms with E-state index in [1.54, 1.807) is 23.9 Å². The molecule has 0 bridgehead atoms. The van der Waals surface area contributed by atoms with E-state index in [-0.39, 0.29) is 5.69 Å². The summed E-state index contributed by atoms with van der Waals surface area (Å²) >= 11 is 5.92. The summed E-state index contributed by atoms with van der Waals surface area (Å²) in [5.74, 6) is 0.702. The maximum atomic E-state index is 9.28. The minimum atomic E-state index is 0.255. The van der Waals surface area contributed by atoms with Crippen LogP contribution in [-0.2, 0) is 0 Å². The number of nitriles is 1. The minimum Gasteiger partial charge on any atom is -0.497 e. The molecule has 0 aliphatic rings. The second-order valence-corrected chi connectivity index (χ2v) is 4.96. The Morgan fingerprint density at radius 1 is 1.18 bits per heavy atom. The van der Waals surface area contributed by atoms with Crippen molar-refractivity contribution < 1.29 is 4.74 Å². The average molecular weight is 311 g/mol. The lowest BCUT2D eigenvalue weighted by Crippen LogP contribution is -2.00. The summed E-state index contributed by atoms with van der Waals surface area (Å²) < 4.78 is 6.84. The first kappa shape index (κ1) is 14.1. The number of hydrogen-bond donors (Lipinski definition) is 0. The van der Waals surface area contributed by atoms with Crippen LogP contribution in [0.15, 0.2) is 48.5 Å². The molecule has 2 aromatic carbocycles. The van der Waals surface area contributed by atoms with Crippen molar-refractivity contribution in [3.63, 3.8) is 0 Å². The van der Waals surface area contributed by atoms with Crippen LogP contribution in [0, 0.1) is 11.3 Å². The van der Waals surface area contributed by atoms with Crippen LogP contribution in [0.3, 0.4) is 0 Å². The molecule has 3 rings (SSSR count). The molecule has 0 unspecified atom stereocenters. The van der Waals surface area contributed by atoms with E-state index in [1.165, 1.54) is 0 Å². The number of ether oxygens (including phenoxy) is 1. The van der Waals surface area contributed by atoms with Crippen molar-refractivity contribution in [3.05, 3.63) is 59.2 Å². The molecule has 1 aromatic heterocycles. The maximum Gasteiger partial charge on any atom is 0.191 e. The van der Waals surface area contributed by atoms with E-state index < -0.39 is 0 Å². The molecule has 0 spiro atoms. The molecule has 1 heterocycles. The van der Waals surface area contributed by atoms with Crippen molar-refractivity contribution in [1.29, 1.82) is 5.26 Å². The Kier molecular flexibility index (Phi) is 3.77. The second-order valence-electron chi connectivity index (χ2n) is 4.52. The fourth-order valence-electron chi connectivity index (χ4n) is 2.15. The number of hydrogen-bond acceptors (Lipinski definition) is 4. The normalized spacial score (nSPS) is 10.2. The van der Waals surface area contributed by atoms with E-state index >= 15 is 0 Å². The van der Waals surface area contributed by atoms with Gasteiger partial charge in [0.15, 0.2) is 5.69 Å². The highest BCUT2D eigenvalue weighted by Crippen LogP contribution is 2.27. The number of methoxy groups -OCH3 is 1. The number of aromatic nitrogens is 3. The summed E-state index contributed by atoms with van der Waals surface area (Å²) in [6, 6.07) is 16.7. The lowest BCUT2D eigenvalue weighted by atomic mass is 10.1. The van der Waals surface area contributed by atoms with E-state index in [1.807, 2.05) is 36.4 Å². The zero-order chi connectivity index (χ0) is 15.5. The van der Waals surface area contributed by atoms with Crippen LogP contribution in [0.1, 0.15) is 5.69 Å². The molecule has 0 radical (unpaired) electrons. The Morgan fingerprint density at radius 3 is 2.64 bits per heavy atom. The van der Waals surface area contributed by atoms with Gasteiger partial charge >= 0.3 is 0 Å². The molecule has 0 saturated heterocycles. The van der Waals surface area contributed by atoms with Gasteiger partial charge in [-0.2, -0.15) is 5.26 Å². The van der Waals surface area contributed by atoms with Crippen molar-refractivity contribution >= 4 is 11.6 Å². The molecular weight excluding hydrogens is 300 g/mol. The van der Waals surface area contributed by atoms with Gasteiger partial charge in [-0.1, -0.05) is 35.0 Å². The van der Waals surface area contributed by atoms with E-state index in [4.69, 9.17) is 16.3 Å². The largest absolute Gasteiger partial charge is 0.497 e. The van der Waals surface area contributed by atoms with Crippen LogP contribution in [0.25, 0.3) is 16.9 Å². The SMILES string of the molecule is COc1cccc(-n2nnc(C#N)c2-c2ccc(Cl)cc2)c1. The predicted octanol–water partition coefficient (Wildman–Crippen LogP) is 3.47. The summed E-state index contributed by atoms with van der Waals surface area (Å²) in [5, 5.41) is 17.9. The van der Waals surface area contributed by atoms with Gasteiger partial charge in [0.2, 0.25) is 0 Å². The van der Waals surface area contributed by atoms with Crippen LogP contribution < -0.4 is 4.74 Å². The third-order valence-corrected chi connectivity index (χ3v) is 3.44. The first-order valence-electron chi connectivity index (χ1n) is 6.49. The molecule has 0 aliphatic carbocycles. The van der Waals surface area contributed by atoms with Gasteiger partial charge in [0.25, 0.3) is 0 Å². The van der Waals surface area contributed by atoms with Crippen LogP contribution in [0.4, 0.5) is 0 Å². The molecule has 108 valence electrons. The van der Waals surface area contributed by atoms with Crippen molar-refractivity contribution in [2.75, 3.05) is 7.11 Å². The lowest BCUT2D eigenvalue weighted by molar-refractivity contribution is 0.414. The Hall–Kier alpha value is -2.84. The van der Waals surface area contributed by atoms with Crippen LogP contribution in [-0.4, -0.2) is 22.1 Å². The molecule has 22 heavy (non-hydrogen) atoms. The zero-order valence-electron chi connectivity index (χ0n) is 11.7. The molecule has 3 aromatic rings. The Labute approximate surface area is 132 Å². The quantitative estimate of drug-likeness (QED) is 0.743. The van der Waals surface area contributed by atoms with E-state index in [9.17, 15) is 5.26 Å². The van der Waals surface area contributed by atoms with Crippen molar-refractivity contribution in [2.45, 2.75) is 0 Å². The first-order chi connectivity index (χ1) is 10.7. The summed E-state index contributed by atoms with van der Waals surface area (Å²) in [5.41, 5.74) is 2.45. The van der Waals surface area contributed by atoms with E-state index in [2.05, 4.69) is 16.4 Å². The molecule has 0 N–H and O–H groups in total. The maximum absolute atomic E-state index is 9.28. The van der Waals surface area contributed by atoms with Crippen molar-refractivity contribution in [1.82, 2.24) is 15.0 Å². The highest BCUT2D eigenvalue weighted by molar-refractivity contribution is 6.30. The number of rotatable bonds is 3. The van der Waals surface area contributed by atoms with Gasteiger partial charge in [0.1, 0.15) is 17.5 Å². The first-order valence-corrected chi connectivity index (χ1v) is 6.87. The van der Waals surface area contributed by atoms with Gasteiger partial charge in [-0.3, -0.25) is 0 Å². The number of halogens is 1. The molecule has 0 fully saturated rings. The minimum absolute atomic E-state index is 0.255. The molecule has 0 amide bonds. The fourth-order valence-corrected chi connectivity index (χ4v) is 2.27. The van der Waals surface area contributed by atoms with Crippen LogP contribution in [0.2, 0.25) is 5.02 Å². The highest BCUT2D eigenvalue weighted by atomic mass is 35.5. The molecule has 0 aliphatic heterocycles. The van der Waals surface area contributed by atoms with Gasteiger partial charge in [-0.25, -0.2) is 4.68 Å². The molecule has 6 heteroatoms. The van der Waals surface area contributed by atoms with Gasteiger partial charge in [-0.15, -0.1) is 5.10 Å². The third kappa shape index (κ3) is 2.52. The van der Waals surface area contributed by atoms with Gasteiger partial charge in [-0.05, 0) is 24.3 Å². The summed E-state index contributed by atoms with van der Waals surface area (Å²) in [4.78, 5) is 0. The third-order valence-electron chi connectivity index (χ3n) is 3.19. The monoisotopic (exact) mass is 310 g/mol. The Balaban J connectivity index is 2.19. The standard InChI is InChI=1S/C16H11ClN4O/c1-22-14-4-2-3-13(9-14)21-16(15(10-18)19-20-21)11-5-7-12(17)8-6-11/h2-9H,1H3. The van der Waals surface area contributed by atoms with Crippen LogP contribution >= 0.6 is 11.6 Å². The predicted molar refractivity (Wildman–Crippen MR) is 83.1 cm³/mol. The fraction of sp³-hybridized carbons (Fsp3) is 0.0625. The molecule has 0 atom stereocenters. The Bertz CT molecular complexity index is 849. The number of nitrogens with zero attached hydrogens (tertiary/aromatic N) is 4. The molecule has 5 nitrogen and oxygen atoms in total.